The first-order valence-corrected chi connectivity index (χ1v) is 10.7. The minimum atomic E-state index is -0.308. The molecule has 0 heterocycles. The molecular formula is C25H36O2. The topological polar surface area (TPSA) is 40.5 Å². The van der Waals surface area contributed by atoms with Crippen LogP contribution in [0, 0.1) is 0 Å². The van der Waals surface area contributed by atoms with Crippen molar-refractivity contribution in [2.24, 2.45) is 0 Å². The molecule has 0 amide bonds. The van der Waals surface area contributed by atoms with Gasteiger partial charge < -0.3 is 10.2 Å². The first-order chi connectivity index (χ1) is 13.3. The van der Waals surface area contributed by atoms with E-state index in [2.05, 4.69) is 0 Å². The predicted octanol–water partition coefficient (Wildman–Crippen LogP) is 6.74. The minimum absolute atomic E-state index is 0.308. The Hall–Kier alpha value is -1.64. The van der Waals surface area contributed by atoms with Gasteiger partial charge in [-0.2, -0.15) is 0 Å². The Bertz CT molecular complexity index is 528. The molecule has 0 aliphatic heterocycles. The molecule has 148 valence electrons. The standard InChI is InChI=1S/C25H36O2/c26-24(22-16-10-8-11-17-22)20-14-6-4-2-1-3-5-7-15-21-25(27)23-18-12-9-13-19-23/h8-13,16-19,24-27H,1-7,14-15,20-21H2. The van der Waals surface area contributed by atoms with Crippen LogP contribution in [0.2, 0.25) is 0 Å². The SMILES string of the molecule is OC(CCCCCCCCCCCC(O)c1ccccc1)c1ccccc1. The zero-order valence-corrected chi connectivity index (χ0v) is 16.6. The van der Waals surface area contributed by atoms with Crippen molar-refractivity contribution in [1.82, 2.24) is 0 Å². The lowest BCUT2D eigenvalue weighted by molar-refractivity contribution is 0.163. The molecule has 0 aliphatic carbocycles. The van der Waals surface area contributed by atoms with Gasteiger partial charge in [0, 0.05) is 0 Å². The van der Waals surface area contributed by atoms with Gasteiger partial charge in [0.25, 0.3) is 0 Å². The summed E-state index contributed by atoms with van der Waals surface area (Å²) in [5, 5.41) is 20.3. The molecule has 0 aliphatic rings. The summed E-state index contributed by atoms with van der Waals surface area (Å²) in [7, 11) is 0. The van der Waals surface area contributed by atoms with Gasteiger partial charge in [0.15, 0.2) is 0 Å². The van der Waals surface area contributed by atoms with E-state index >= 15 is 0 Å². The predicted molar refractivity (Wildman–Crippen MR) is 114 cm³/mol. The number of aliphatic hydroxyl groups is 2. The molecule has 0 radical (unpaired) electrons. The molecule has 0 saturated heterocycles. The number of hydrogen-bond donors (Lipinski definition) is 2. The molecule has 2 aromatic rings. The second-order valence-electron chi connectivity index (χ2n) is 7.61. The van der Waals surface area contributed by atoms with Crippen LogP contribution in [0.3, 0.4) is 0 Å². The monoisotopic (exact) mass is 368 g/mol. The summed E-state index contributed by atoms with van der Waals surface area (Å²) < 4.78 is 0. The van der Waals surface area contributed by atoms with Crippen LogP contribution in [0.4, 0.5) is 0 Å². The van der Waals surface area contributed by atoms with Gasteiger partial charge in [-0.15, -0.1) is 0 Å². The number of benzene rings is 2. The summed E-state index contributed by atoms with van der Waals surface area (Å²) in [5.74, 6) is 0. The second-order valence-corrected chi connectivity index (χ2v) is 7.61. The quantitative estimate of drug-likeness (QED) is 0.362. The highest BCUT2D eigenvalue weighted by atomic mass is 16.3. The van der Waals surface area contributed by atoms with E-state index in [1.54, 1.807) is 0 Å². The van der Waals surface area contributed by atoms with Crippen molar-refractivity contribution in [1.29, 1.82) is 0 Å². The van der Waals surface area contributed by atoms with Crippen LogP contribution in [0.15, 0.2) is 60.7 Å². The summed E-state index contributed by atoms with van der Waals surface area (Å²) in [6.07, 6.45) is 12.2. The molecule has 2 rings (SSSR count). The fourth-order valence-electron chi connectivity index (χ4n) is 3.60. The first-order valence-electron chi connectivity index (χ1n) is 10.7. The Morgan fingerprint density at radius 1 is 0.444 bits per heavy atom. The fraction of sp³-hybridized carbons (Fsp3) is 0.520. The van der Waals surface area contributed by atoms with Crippen molar-refractivity contribution in [3.8, 4) is 0 Å². The largest absolute Gasteiger partial charge is 0.388 e. The van der Waals surface area contributed by atoms with Crippen LogP contribution in [0.5, 0.6) is 0 Å². The Morgan fingerprint density at radius 3 is 1.07 bits per heavy atom. The molecule has 2 unspecified atom stereocenters. The molecule has 0 saturated carbocycles. The van der Waals surface area contributed by atoms with Crippen molar-refractivity contribution in [2.75, 3.05) is 0 Å². The van der Waals surface area contributed by atoms with E-state index in [1.807, 2.05) is 60.7 Å². The molecule has 0 spiro atoms. The molecule has 2 atom stereocenters. The van der Waals surface area contributed by atoms with Gasteiger partial charge in [0.05, 0.1) is 12.2 Å². The van der Waals surface area contributed by atoms with Gasteiger partial charge in [0.2, 0.25) is 0 Å². The fourth-order valence-corrected chi connectivity index (χ4v) is 3.60. The van der Waals surface area contributed by atoms with Gasteiger partial charge in [-0.25, -0.2) is 0 Å². The third kappa shape index (κ3) is 9.21. The maximum Gasteiger partial charge on any atom is 0.0790 e. The lowest BCUT2D eigenvalue weighted by Crippen LogP contribution is -1.97. The summed E-state index contributed by atoms with van der Waals surface area (Å²) in [4.78, 5) is 0. The second kappa shape index (κ2) is 13.5. The van der Waals surface area contributed by atoms with E-state index in [-0.39, 0.29) is 12.2 Å². The first kappa shape index (κ1) is 21.7. The summed E-state index contributed by atoms with van der Waals surface area (Å²) in [6, 6.07) is 19.9. The van der Waals surface area contributed by atoms with E-state index < -0.39 is 0 Å². The molecule has 2 nitrogen and oxygen atoms in total. The van der Waals surface area contributed by atoms with Gasteiger partial charge in [0.1, 0.15) is 0 Å². The number of rotatable bonds is 14. The highest BCUT2D eigenvalue weighted by Crippen LogP contribution is 2.21. The summed E-state index contributed by atoms with van der Waals surface area (Å²) in [6.45, 7) is 0. The van der Waals surface area contributed by atoms with Crippen LogP contribution in [0.25, 0.3) is 0 Å². The van der Waals surface area contributed by atoms with Crippen molar-refractivity contribution in [3.05, 3.63) is 71.8 Å². The summed E-state index contributed by atoms with van der Waals surface area (Å²) >= 11 is 0. The molecule has 2 heteroatoms. The molecule has 0 bridgehead atoms. The van der Waals surface area contributed by atoms with E-state index in [4.69, 9.17) is 0 Å². The lowest BCUT2D eigenvalue weighted by atomic mass is 10.0. The van der Waals surface area contributed by atoms with Gasteiger partial charge in [-0.3, -0.25) is 0 Å². The Balaban J connectivity index is 1.38. The zero-order valence-electron chi connectivity index (χ0n) is 16.6. The van der Waals surface area contributed by atoms with Crippen LogP contribution in [-0.2, 0) is 0 Å². The lowest BCUT2D eigenvalue weighted by Gasteiger charge is -2.11. The average molecular weight is 369 g/mol. The molecule has 2 N–H and O–H groups in total. The zero-order chi connectivity index (χ0) is 19.2. The van der Waals surface area contributed by atoms with Gasteiger partial charge >= 0.3 is 0 Å². The Morgan fingerprint density at radius 2 is 0.741 bits per heavy atom. The minimum Gasteiger partial charge on any atom is -0.388 e. The highest BCUT2D eigenvalue weighted by Gasteiger charge is 2.06. The molecule has 2 aromatic carbocycles. The van der Waals surface area contributed by atoms with E-state index in [0.717, 1.165) is 36.8 Å². The summed E-state index contributed by atoms with van der Waals surface area (Å²) in [5.41, 5.74) is 2.07. The highest BCUT2D eigenvalue weighted by molar-refractivity contribution is 5.17. The van der Waals surface area contributed by atoms with Crippen molar-refractivity contribution >= 4 is 0 Å². The van der Waals surface area contributed by atoms with E-state index in [9.17, 15) is 10.2 Å². The van der Waals surface area contributed by atoms with Gasteiger partial charge in [-0.1, -0.05) is 118 Å². The molecular weight excluding hydrogens is 332 g/mol. The van der Waals surface area contributed by atoms with Crippen molar-refractivity contribution < 1.29 is 10.2 Å². The third-order valence-electron chi connectivity index (χ3n) is 5.32. The average Bonchev–Trinajstić information content (AvgIpc) is 2.73. The Labute approximate surface area is 165 Å². The van der Waals surface area contributed by atoms with Gasteiger partial charge in [-0.05, 0) is 24.0 Å². The molecule has 0 fully saturated rings. The van der Waals surface area contributed by atoms with Crippen LogP contribution in [-0.4, -0.2) is 10.2 Å². The maximum absolute atomic E-state index is 10.1. The molecule has 0 aromatic heterocycles. The number of hydrogen-bond acceptors (Lipinski definition) is 2. The number of aliphatic hydroxyl groups excluding tert-OH is 2. The third-order valence-corrected chi connectivity index (χ3v) is 5.32. The van der Waals surface area contributed by atoms with E-state index in [0.29, 0.717) is 0 Å². The molecule has 27 heavy (non-hydrogen) atoms. The normalized spacial score (nSPS) is 13.4. The van der Waals surface area contributed by atoms with Crippen molar-refractivity contribution in [2.45, 2.75) is 82.8 Å². The smallest absolute Gasteiger partial charge is 0.0790 e. The van der Waals surface area contributed by atoms with E-state index in [1.165, 1.54) is 44.9 Å². The number of unbranched alkanes of at least 4 members (excludes halogenated alkanes) is 8. The van der Waals surface area contributed by atoms with Crippen LogP contribution >= 0.6 is 0 Å². The van der Waals surface area contributed by atoms with Crippen LogP contribution < -0.4 is 0 Å². The van der Waals surface area contributed by atoms with Crippen LogP contribution in [0.1, 0.15) is 94.0 Å². The Kier molecular flexibility index (Phi) is 10.8. The maximum atomic E-state index is 10.1. The van der Waals surface area contributed by atoms with Crippen molar-refractivity contribution in [3.63, 3.8) is 0 Å².